The number of benzene rings is 2. The summed E-state index contributed by atoms with van der Waals surface area (Å²) in [4.78, 5) is 33.8. The van der Waals surface area contributed by atoms with E-state index in [4.69, 9.17) is 16.3 Å². The molecule has 2 atom stereocenters. The van der Waals surface area contributed by atoms with Gasteiger partial charge in [0, 0.05) is 35.4 Å². The highest BCUT2D eigenvalue weighted by atomic mass is 35.5. The number of fused-ring (bicyclic) bond motifs is 4. The largest absolute Gasteiger partial charge is 0.494 e. The fraction of sp³-hybridized carbons (Fsp3) is 0.360. The Balaban J connectivity index is 1.71. The molecule has 0 spiro atoms. The standard InChI is InChI=1S/C25H26ClN3O3/c1-3-32-17-10-11-20-18(14-17)19-15-25(2)23(30)28(13-7-12-26)24(31)29(25)22(21(19)27-20)16-8-5-4-6-9-16/h4-6,8-11,14,22,27H,3,7,12-13,15H2,1-2H3. The van der Waals surface area contributed by atoms with Crippen molar-refractivity contribution in [2.45, 2.75) is 38.3 Å². The van der Waals surface area contributed by atoms with Crippen molar-refractivity contribution in [3.8, 4) is 5.75 Å². The predicted molar refractivity (Wildman–Crippen MR) is 124 cm³/mol. The zero-order valence-electron chi connectivity index (χ0n) is 18.2. The van der Waals surface area contributed by atoms with Crippen molar-refractivity contribution in [1.29, 1.82) is 0 Å². The molecule has 2 aliphatic rings. The summed E-state index contributed by atoms with van der Waals surface area (Å²) < 4.78 is 5.73. The summed E-state index contributed by atoms with van der Waals surface area (Å²) in [5, 5.41) is 1.03. The van der Waals surface area contributed by atoms with Crippen molar-refractivity contribution in [1.82, 2.24) is 14.8 Å². The molecule has 3 aromatic rings. The van der Waals surface area contributed by atoms with E-state index in [-0.39, 0.29) is 18.0 Å². The molecular formula is C25H26ClN3O3. The summed E-state index contributed by atoms with van der Waals surface area (Å²) in [6, 6.07) is 15.2. The van der Waals surface area contributed by atoms with Crippen molar-refractivity contribution in [2.75, 3.05) is 19.0 Å². The maximum atomic E-state index is 13.6. The Bertz CT molecular complexity index is 1190. The van der Waals surface area contributed by atoms with Gasteiger partial charge in [0.05, 0.1) is 6.61 Å². The second-order valence-corrected chi connectivity index (χ2v) is 8.95. The molecule has 7 heteroatoms. The van der Waals surface area contributed by atoms with Crippen LogP contribution in [0.3, 0.4) is 0 Å². The molecule has 0 radical (unpaired) electrons. The molecule has 0 saturated carbocycles. The highest BCUT2D eigenvalue weighted by molar-refractivity contribution is 6.18. The van der Waals surface area contributed by atoms with E-state index in [2.05, 4.69) is 4.98 Å². The SMILES string of the molecule is CCOc1ccc2[nH]c3c(c2c1)CC1(C)C(=O)N(CCCCl)C(=O)N1C3c1ccccc1. The first-order valence-electron chi connectivity index (χ1n) is 11.0. The van der Waals surface area contributed by atoms with E-state index >= 15 is 0 Å². The van der Waals surface area contributed by atoms with Gasteiger partial charge in [-0.15, -0.1) is 11.6 Å². The smallest absolute Gasteiger partial charge is 0.328 e. The Kier molecular flexibility index (Phi) is 5.13. The van der Waals surface area contributed by atoms with E-state index in [1.807, 2.05) is 62.4 Å². The van der Waals surface area contributed by atoms with Crippen LogP contribution in [-0.4, -0.2) is 51.3 Å². The van der Waals surface area contributed by atoms with Crippen molar-refractivity contribution < 1.29 is 14.3 Å². The molecule has 32 heavy (non-hydrogen) atoms. The first-order valence-corrected chi connectivity index (χ1v) is 11.6. The van der Waals surface area contributed by atoms with Crippen LogP contribution >= 0.6 is 11.6 Å². The van der Waals surface area contributed by atoms with Gasteiger partial charge < -0.3 is 9.72 Å². The van der Waals surface area contributed by atoms with E-state index in [9.17, 15) is 9.59 Å². The summed E-state index contributed by atoms with van der Waals surface area (Å²) >= 11 is 5.87. The number of urea groups is 1. The third kappa shape index (κ3) is 3.00. The van der Waals surface area contributed by atoms with Crippen molar-refractivity contribution in [3.05, 3.63) is 65.4 Å². The number of imide groups is 1. The Morgan fingerprint density at radius 1 is 1.19 bits per heavy atom. The zero-order chi connectivity index (χ0) is 22.5. The number of hydrogen-bond acceptors (Lipinski definition) is 3. The summed E-state index contributed by atoms with van der Waals surface area (Å²) in [5.41, 5.74) is 3.00. The molecule has 1 fully saturated rings. The fourth-order valence-electron chi connectivity index (χ4n) is 5.15. The maximum absolute atomic E-state index is 13.6. The van der Waals surface area contributed by atoms with Crippen LogP contribution in [0.25, 0.3) is 10.9 Å². The minimum Gasteiger partial charge on any atom is -0.494 e. The highest BCUT2D eigenvalue weighted by Crippen LogP contribution is 2.48. The van der Waals surface area contributed by atoms with Gasteiger partial charge in [-0.3, -0.25) is 14.6 Å². The molecule has 5 rings (SSSR count). The van der Waals surface area contributed by atoms with Crippen LogP contribution < -0.4 is 4.74 Å². The van der Waals surface area contributed by atoms with Crippen LogP contribution in [0.2, 0.25) is 0 Å². The van der Waals surface area contributed by atoms with Crippen LogP contribution in [0.15, 0.2) is 48.5 Å². The van der Waals surface area contributed by atoms with Crippen LogP contribution in [0, 0.1) is 0 Å². The molecule has 0 aliphatic carbocycles. The van der Waals surface area contributed by atoms with Gasteiger partial charge in [0.15, 0.2) is 0 Å². The van der Waals surface area contributed by atoms with Crippen LogP contribution in [0.4, 0.5) is 4.79 Å². The van der Waals surface area contributed by atoms with Gasteiger partial charge in [-0.05, 0) is 49.6 Å². The summed E-state index contributed by atoms with van der Waals surface area (Å²) in [7, 11) is 0. The summed E-state index contributed by atoms with van der Waals surface area (Å²) in [6.07, 6.45) is 1.02. The molecule has 166 valence electrons. The quantitative estimate of drug-likeness (QED) is 0.429. The van der Waals surface area contributed by atoms with E-state index in [1.165, 1.54) is 4.90 Å². The maximum Gasteiger partial charge on any atom is 0.328 e. The van der Waals surface area contributed by atoms with Gasteiger partial charge in [0.25, 0.3) is 5.91 Å². The molecule has 2 aliphatic heterocycles. The normalized spacial score (nSPS) is 22.4. The summed E-state index contributed by atoms with van der Waals surface area (Å²) in [5.74, 6) is 1.04. The number of nitrogens with one attached hydrogen (secondary N) is 1. The second kappa shape index (κ2) is 7.85. The minimum atomic E-state index is -0.965. The molecule has 3 heterocycles. The Morgan fingerprint density at radius 2 is 1.97 bits per heavy atom. The zero-order valence-corrected chi connectivity index (χ0v) is 19.0. The number of carbonyl (C=O) groups is 2. The van der Waals surface area contributed by atoms with Gasteiger partial charge in [0.1, 0.15) is 17.3 Å². The molecule has 1 saturated heterocycles. The monoisotopic (exact) mass is 451 g/mol. The van der Waals surface area contributed by atoms with Crippen molar-refractivity contribution in [2.24, 2.45) is 0 Å². The predicted octanol–water partition coefficient (Wildman–Crippen LogP) is 4.86. The van der Waals surface area contributed by atoms with E-state index < -0.39 is 5.54 Å². The molecule has 2 unspecified atom stereocenters. The molecule has 3 amide bonds. The van der Waals surface area contributed by atoms with Crippen LogP contribution in [-0.2, 0) is 11.2 Å². The number of H-pyrrole nitrogens is 1. The van der Waals surface area contributed by atoms with Gasteiger partial charge in [-0.1, -0.05) is 30.3 Å². The van der Waals surface area contributed by atoms with Gasteiger partial charge in [0.2, 0.25) is 0 Å². The fourth-order valence-corrected chi connectivity index (χ4v) is 5.26. The Labute approximate surface area is 192 Å². The van der Waals surface area contributed by atoms with Crippen LogP contribution in [0.5, 0.6) is 5.75 Å². The number of aromatic nitrogens is 1. The molecule has 1 aromatic heterocycles. The molecule has 1 N–H and O–H groups in total. The number of hydrogen-bond donors (Lipinski definition) is 1. The molecule has 2 aromatic carbocycles. The number of alkyl halides is 1. The van der Waals surface area contributed by atoms with E-state index in [0.29, 0.717) is 31.9 Å². The topological polar surface area (TPSA) is 65.6 Å². The number of amides is 3. The lowest BCUT2D eigenvalue weighted by atomic mass is 9.81. The van der Waals surface area contributed by atoms with Gasteiger partial charge >= 0.3 is 6.03 Å². The van der Waals surface area contributed by atoms with Crippen molar-refractivity contribution >= 4 is 34.4 Å². The Morgan fingerprint density at radius 3 is 2.69 bits per heavy atom. The first-order chi connectivity index (χ1) is 15.5. The van der Waals surface area contributed by atoms with E-state index in [1.54, 1.807) is 4.90 Å². The molecular weight excluding hydrogens is 426 g/mol. The first kappa shape index (κ1) is 20.9. The van der Waals surface area contributed by atoms with Gasteiger partial charge in [-0.25, -0.2) is 4.79 Å². The lowest BCUT2D eigenvalue weighted by Gasteiger charge is -2.42. The number of nitrogens with zero attached hydrogens (tertiary/aromatic N) is 2. The molecule has 0 bridgehead atoms. The lowest BCUT2D eigenvalue weighted by Crippen LogP contribution is -2.53. The third-order valence-electron chi connectivity index (χ3n) is 6.58. The number of halogens is 1. The Hall–Kier alpha value is -2.99. The number of aromatic amines is 1. The minimum absolute atomic E-state index is 0.158. The number of ether oxygens (including phenoxy) is 1. The molecule has 6 nitrogen and oxygen atoms in total. The third-order valence-corrected chi connectivity index (χ3v) is 6.85. The lowest BCUT2D eigenvalue weighted by molar-refractivity contribution is -0.133. The van der Waals surface area contributed by atoms with E-state index in [0.717, 1.165) is 33.5 Å². The number of rotatable bonds is 6. The average molecular weight is 452 g/mol. The average Bonchev–Trinajstić information content (AvgIpc) is 3.24. The number of carbonyl (C=O) groups excluding carboxylic acids is 2. The van der Waals surface area contributed by atoms with Crippen LogP contribution in [0.1, 0.15) is 43.1 Å². The summed E-state index contributed by atoms with van der Waals surface area (Å²) in [6.45, 7) is 4.76. The van der Waals surface area contributed by atoms with Gasteiger partial charge in [-0.2, -0.15) is 0 Å². The van der Waals surface area contributed by atoms with Crippen molar-refractivity contribution in [3.63, 3.8) is 0 Å². The second-order valence-electron chi connectivity index (χ2n) is 8.57. The highest BCUT2D eigenvalue weighted by Gasteiger charge is 2.59.